The van der Waals surface area contributed by atoms with Crippen LogP contribution in [0.25, 0.3) is 0 Å². The van der Waals surface area contributed by atoms with Crippen LogP contribution in [0, 0.1) is 17.8 Å². The lowest BCUT2D eigenvalue weighted by Crippen LogP contribution is -2.43. The molecule has 0 bridgehead atoms. The van der Waals surface area contributed by atoms with Crippen molar-refractivity contribution in [3.63, 3.8) is 0 Å². The topological polar surface area (TPSA) is 49.4 Å². The van der Waals surface area contributed by atoms with Gasteiger partial charge in [-0.15, -0.1) is 0 Å². The van der Waals surface area contributed by atoms with E-state index in [0.717, 1.165) is 45.3 Å². The molecule has 2 atom stereocenters. The van der Waals surface area contributed by atoms with E-state index in [2.05, 4.69) is 24.1 Å². The summed E-state index contributed by atoms with van der Waals surface area (Å²) >= 11 is 0. The van der Waals surface area contributed by atoms with Crippen molar-refractivity contribution >= 4 is 11.7 Å². The molecule has 0 radical (unpaired) electrons. The first-order valence-electron chi connectivity index (χ1n) is 8.55. The Morgan fingerprint density at radius 2 is 1.67 bits per heavy atom. The molecule has 1 amide bonds. The monoisotopic (exact) mass is 296 g/mol. The van der Waals surface area contributed by atoms with Crippen LogP contribution in [0.4, 0.5) is 0 Å². The molecular formula is C17H32N2O2. The average molecular weight is 296 g/mol. The van der Waals surface area contributed by atoms with Crippen molar-refractivity contribution in [1.29, 1.82) is 0 Å². The van der Waals surface area contributed by atoms with Crippen LogP contribution in [0.2, 0.25) is 0 Å². The summed E-state index contributed by atoms with van der Waals surface area (Å²) in [6.07, 6.45) is 3.88. The van der Waals surface area contributed by atoms with Gasteiger partial charge < -0.3 is 10.2 Å². The van der Waals surface area contributed by atoms with E-state index in [4.69, 9.17) is 0 Å². The van der Waals surface area contributed by atoms with E-state index in [9.17, 15) is 9.59 Å². The van der Waals surface area contributed by atoms with E-state index in [1.807, 2.05) is 13.8 Å². The van der Waals surface area contributed by atoms with E-state index in [1.165, 1.54) is 0 Å². The van der Waals surface area contributed by atoms with Gasteiger partial charge in [0.15, 0.2) is 0 Å². The van der Waals surface area contributed by atoms with Crippen LogP contribution in [-0.4, -0.2) is 42.8 Å². The molecule has 0 saturated heterocycles. The number of carbonyl (C=O) groups excluding carboxylic acids is 2. The highest BCUT2D eigenvalue weighted by atomic mass is 16.2. The Morgan fingerprint density at radius 3 is 2.19 bits per heavy atom. The molecule has 21 heavy (non-hydrogen) atoms. The average Bonchev–Trinajstić information content (AvgIpc) is 2.50. The molecule has 0 aromatic carbocycles. The maximum absolute atomic E-state index is 12.4. The van der Waals surface area contributed by atoms with E-state index in [-0.39, 0.29) is 29.4 Å². The smallest absolute Gasteiger partial charge is 0.223 e. The quantitative estimate of drug-likeness (QED) is 0.748. The molecule has 1 fully saturated rings. The van der Waals surface area contributed by atoms with Crippen molar-refractivity contribution < 1.29 is 9.59 Å². The Hall–Kier alpha value is -0.900. The summed E-state index contributed by atoms with van der Waals surface area (Å²) in [4.78, 5) is 27.0. The minimum atomic E-state index is -0.106. The van der Waals surface area contributed by atoms with E-state index in [0.29, 0.717) is 6.54 Å². The second-order valence-corrected chi connectivity index (χ2v) is 6.37. The number of hydrogen-bond acceptors (Lipinski definition) is 3. The van der Waals surface area contributed by atoms with Crippen LogP contribution in [0.5, 0.6) is 0 Å². The van der Waals surface area contributed by atoms with Crippen molar-refractivity contribution in [3.8, 4) is 0 Å². The lowest BCUT2D eigenvalue weighted by Gasteiger charge is -2.31. The summed E-state index contributed by atoms with van der Waals surface area (Å²) in [7, 11) is 0. The molecule has 4 heteroatoms. The van der Waals surface area contributed by atoms with Gasteiger partial charge in [0, 0.05) is 30.8 Å². The third-order valence-electron chi connectivity index (χ3n) is 4.66. The summed E-state index contributed by atoms with van der Waals surface area (Å²) < 4.78 is 0. The number of hydrogen-bond donors (Lipinski definition) is 1. The van der Waals surface area contributed by atoms with Gasteiger partial charge in [-0.2, -0.15) is 0 Å². The summed E-state index contributed by atoms with van der Waals surface area (Å²) in [5, 5.41) is 3.04. The molecule has 1 aliphatic carbocycles. The second kappa shape index (κ2) is 9.19. The number of rotatable bonds is 8. The second-order valence-electron chi connectivity index (χ2n) is 6.37. The highest BCUT2D eigenvalue weighted by Crippen LogP contribution is 2.32. The summed E-state index contributed by atoms with van der Waals surface area (Å²) in [5.74, 6) is 0.205. The Labute approximate surface area is 129 Å². The van der Waals surface area contributed by atoms with Crippen LogP contribution in [0.3, 0.4) is 0 Å². The number of likely N-dealkylation sites (N-methyl/N-ethyl adjacent to an activating group) is 1. The van der Waals surface area contributed by atoms with Crippen LogP contribution >= 0.6 is 0 Å². The number of amides is 1. The Morgan fingerprint density at radius 1 is 1.10 bits per heavy atom. The summed E-state index contributed by atoms with van der Waals surface area (Å²) in [5.41, 5.74) is 0. The third-order valence-corrected chi connectivity index (χ3v) is 4.66. The van der Waals surface area contributed by atoms with Crippen LogP contribution in [0.15, 0.2) is 0 Å². The molecule has 1 rings (SSSR count). The first kappa shape index (κ1) is 18.1. The molecule has 1 aliphatic rings. The van der Waals surface area contributed by atoms with Crippen LogP contribution < -0.4 is 5.32 Å². The molecule has 2 unspecified atom stereocenters. The van der Waals surface area contributed by atoms with Gasteiger partial charge in [-0.25, -0.2) is 0 Å². The summed E-state index contributed by atoms with van der Waals surface area (Å²) in [6.45, 7) is 11.7. The molecule has 0 spiro atoms. The van der Waals surface area contributed by atoms with E-state index >= 15 is 0 Å². The fourth-order valence-corrected chi connectivity index (χ4v) is 3.22. The zero-order chi connectivity index (χ0) is 15.8. The normalized spacial score (nSPS) is 22.6. The van der Waals surface area contributed by atoms with Crippen molar-refractivity contribution in [1.82, 2.24) is 10.2 Å². The van der Waals surface area contributed by atoms with Gasteiger partial charge in [-0.3, -0.25) is 9.59 Å². The van der Waals surface area contributed by atoms with Gasteiger partial charge in [0.2, 0.25) is 5.91 Å². The van der Waals surface area contributed by atoms with Gasteiger partial charge in [-0.1, -0.05) is 40.5 Å². The Bertz CT molecular complexity index is 338. The molecule has 0 aliphatic heterocycles. The molecule has 0 heterocycles. The molecule has 0 aromatic heterocycles. The zero-order valence-electron chi connectivity index (χ0n) is 14.2. The van der Waals surface area contributed by atoms with Crippen molar-refractivity contribution in [2.75, 3.05) is 26.2 Å². The molecule has 0 aromatic rings. The fraction of sp³-hybridized carbons (Fsp3) is 0.882. The van der Waals surface area contributed by atoms with Crippen molar-refractivity contribution in [2.24, 2.45) is 17.8 Å². The number of nitrogens with zero attached hydrogens (tertiary/aromatic N) is 1. The SMILES string of the molecule is CCN(CC)CCNC(=O)C1CCCCC1C(=O)C(C)C. The number of nitrogens with one attached hydrogen (secondary N) is 1. The standard InChI is InChI=1S/C17H32N2O2/c1-5-19(6-2)12-11-18-17(21)15-10-8-7-9-14(15)16(20)13(3)4/h13-15H,5-12H2,1-4H3,(H,18,21). The predicted octanol–water partition coefficient (Wildman–Crippen LogP) is 2.48. The van der Waals surface area contributed by atoms with Gasteiger partial charge in [-0.05, 0) is 25.9 Å². The first-order valence-corrected chi connectivity index (χ1v) is 8.55. The van der Waals surface area contributed by atoms with Crippen LogP contribution in [-0.2, 0) is 9.59 Å². The van der Waals surface area contributed by atoms with Gasteiger partial charge >= 0.3 is 0 Å². The van der Waals surface area contributed by atoms with E-state index < -0.39 is 0 Å². The molecule has 1 N–H and O–H groups in total. The Balaban J connectivity index is 2.51. The minimum absolute atomic E-state index is 0.0269. The molecule has 1 saturated carbocycles. The van der Waals surface area contributed by atoms with Crippen molar-refractivity contribution in [2.45, 2.75) is 53.4 Å². The lowest BCUT2D eigenvalue weighted by molar-refractivity contribution is -0.137. The minimum Gasteiger partial charge on any atom is -0.355 e. The van der Waals surface area contributed by atoms with Crippen molar-refractivity contribution in [3.05, 3.63) is 0 Å². The number of ketones is 1. The van der Waals surface area contributed by atoms with E-state index in [1.54, 1.807) is 0 Å². The fourth-order valence-electron chi connectivity index (χ4n) is 3.22. The predicted molar refractivity (Wildman–Crippen MR) is 86.1 cm³/mol. The largest absolute Gasteiger partial charge is 0.355 e. The molecular weight excluding hydrogens is 264 g/mol. The molecule has 4 nitrogen and oxygen atoms in total. The molecule has 122 valence electrons. The maximum atomic E-state index is 12.4. The van der Waals surface area contributed by atoms with Gasteiger partial charge in [0.05, 0.1) is 0 Å². The van der Waals surface area contributed by atoms with Gasteiger partial charge in [0.1, 0.15) is 5.78 Å². The zero-order valence-corrected chi connectivity index (χ0v) is 14.2. The van der Waals surface area contributed by atoms with Crippen LogP contribution in [0.1, 0.15) is 53.4 Å². The first-order chi connectivity index (χ1) is 10.0. The maximum Gasteiger partial charge on any atom is 0.223 e. The summed E-state index contributed by atoms with van der Waals surface area (Å²) in [6, 6.07) is 0. The van der Waals surface area contributed by atoms with Gasteiger partial charge in [0.25, 0.3) is 0 Å². The highest BCUT2D eigenvalue weighted by Gasteiger charge is 2.36. The Kier molecular flexibility index (Phi) is 7.94. The highest BCUT2D eigenvalue weighted by molar-refractivity contribution is 5.89. The lowest BCUT2D eigenvalue weighted by atomic mass is 9.74. The number of carbonyl (C=O) groups is 2. The third kappa shape index (κ3) is 5.42. The number of Topliss-reactive ketones (excluding diaryl/α,β-unsaturated/α-hetero) is 1.